The standard InChI is InChI=1S/C17H18N2O3S/c1-13-8-10-15(11-9-13)23(21,22)18-17(20)19-12-4-6-14-5-2-3-7-16(14)19/h2-3,5,7-11H,4,6,12H2,1H3,(H,18,20). The lowest BCUT2D eigenvalue weighted by Gasteiger charge is -2.29. The van der Waals surface area contributed by atoms with Crippen LogP contribution >= 0.6 is 0 Å². The number of benzene rings is 2. The molecule has 1 heterocycles. The van der Waals surface area contributed by atoms with Gasteiger partial charge in [0.2, 0.25) is 0 Å². The maximum absolute atomic E-state index is 12.5. The van der Waals surface area contributed by atoms with E-state index < -0.39 is 16.1 Å². The predicted molar refractivity (Wildman–Crippen MR) is 89.0 cm³/mol. The average molecular weight is 330 g/mol. The van der Waals surface area contributed by atoms with Crippen LogP contribution in [0.4, 0.5) is 10.5 Å². The van der Waals surface area contributed by atoms with Crippen molar-refractivity contribution in [1.82, 2.24) is 4.72 Å². The number of rotatable bonds is 2. The van der Waals surface area contributed by atoms with Crippen molar-refractivity contribution in [2.45, 2.75) is 24.7 Å². The molecule has 0 bridgehead atoms. The summed E-state index contributed by atoms with van der Waals surface area (Å²) in [6, 6.07) is 13.4. The van der Waals surface area contributed by atoms with Crippen molar-refractivity contribution in [3.63, 3.8) is 0 Å². The summed E-state index contributed by atoms with van der Waals surface area (Å²) >= 11 is 0. The smallest absolute Gasteiger partial charge is 0.293 e. The van der Waals surface area contributed by atoms with E-state index in [2.05, 4.69) is 4.72 Å². The number of hydrogen-bond acceptors (Lipinski definition) is 3. The molecule has 1 N–H and O–H groups in total. The van der Waals surface area contributed by atoms with Gasteiger partial charge in [0.15, 0.2) is 0 Å². The SMILES string of the molecule is Cc1ccc(S(=O)(=O)NC(=O)N2CCCc3ccccc32)cc1. The first kappa shape index (κ1) is 15.6. The third-order valence-electron chi connectivity index (χ3n) is 3.91. The van der Waals surface area contributed by atoms with Gasteiger partial charge >= 0.3 is 6.03 Å². The quantitative estimate of drug-likeness (QED) is 0.921. The van der Waals surface area contributed by atoms with Crippen molar-refractivity contribution in [3.8, 4) is 0 Å². The highest BCUT2D eigenvalue weighted by Gasteiger charge is 2.26. The minimum absolute atomic E-state index is 0.0849. The fourth-order valence-corrected chi connectivity index (χ4v) is 3.64. The van der Waals surface area contributed by atoms with E-state index in [1.807, 2.05) is 31.2 Å². The van der Waals surface area contributed by atoms with Crippen LogP contribution in [0.25, 0.3) is 0 Å². The number of amides is 2. The van der Waals surface area contributed by atoms with Crippen LogP contribution in [0.15, 0.2) is 53.4 Å². The monoisotopic (exact) mass is 330 g/mol. The maximum Gasteiger partial charge on any atom is 0.335 e. The van der Waals surface area contributed by atoms with Gasteiger partial charge in [-0.15, -0.1) is 0 Å². The average Bonchev–Trinajstić information content (AvgIpc) is 2.54. The first-order valence-electron chi connectivity index (χ1n) is 7.46. The summed E-state index contributed by atoms with van der Waals surface area (Å²) in [5, 5.41) is 0. The molecule has 0 aliphatic carbocycles. The van der Waals surface area contributed by atoms with E-state index in [4.69, 9.17) is 0 Å². The van der Waals surface area contributed by atoms with Crippen LogP contribution < -0.4 is 9.62 Å². The second-order valence-electron chi connectivity index (χ2n) is 5.61. The number of anilines is 1. The van der Waals surface area contributed by atoms with E-state index in [9.17, 15) is 13.2 Å². The molecule has 3 rings (SSSR count). The molecule has 0 fully saturated rings. The van der Waals surface area contributed by atoms with Gasteiger partial charge in [-0.3, -0.25) is 4.90 Å². The Morgan fingerprint density at radius 3 is 2.52 bits per heavy atom. The van der Waals surface area contributed by atoms with Gasteiger partial charge in [-0.1, -0.05) is 35.9 Å². The molecule has 0 atom stereocenters. The van der Waals surface area contributed by atoms with Gasteiger partial charge in [0.05, 0.1) is 4.90 Å². The molecule has 6 heteroatoms. The summed E-state index contributed by atoms with van der Waals surface area (Å²) in [4.78, 5) is 14.0. The Balaban J connectivity index is 1.84. The number of para-hydroxylation sites is 1. The second kappa shape index (κ2) is 6.04. The largest absolute Gasteiger partial charge is 0.335 e. The molecule has 1 aliphatic rings. The Hall–Kier alpha value is -2.34. The summed E-state index contributed by atoms with van der Waals surface area (Å²) in [6.45, 7) is 2.38. The Labute approximate surface area is 136 Å². The van der Waals surface area contributed by atoms with Gasteiger partial charge in [0, 0.05) is 12.2 Å². The molecule has 0 saturated heterocycles. The van der Waals surface area contributed by atoms with Crippen molar-refractivity contribution in [2.75, 3.05) is 11.4 Å². The molecule has 23 heavy (non-hydrogen) atoms. The van der Waals surface area contributed by atoms with E-state index in [0.717, 1.165) is 29.7 Å². The van der Waals surface area contributed by atoms with Crippen molar-refractivity contribution < 1.29 is 13.2 Å². The molecule has 0 radical (unpaired) electrons. The highest BCUT2D eigenvalue weighted by Crippen LogP contribution is 2.26. The zero-order valence-electron chi connectivity index (χ0n) is 12.8. The van der Waals surface area contributed by atoms with Crippen LogP contribution in [0.5, 0.6) is 0 Å². The molecule has 0 saturated carbocycles. The van der Waals surface area contributed by atoms with Gasteiger partial charge in [0.25, 0.3) is 10.0 Å². The zero-order valence-corrected chi connectivity index (χ0v) is 13.6. The number of urea groups is 1. The number of nitrogens with one attached hydrogen (secondary N) is 1. The van der Waals surface area contributed by atoms with Crippen LogP contribution in [0.2, 0.25) is 0 Å². The molecule has 2 aromatic rings. The lowest BCUT2D eigenvalue weighted by Crippen LogP contribution is -2.45. The van der Waals surface area contributed by atoms with Crippen molar-refractivity contribution in [1.29, 1.82) is 0 Å². The van der Waals surface area contributed by atoms with Crippen LogP contribution in [-0.4, -0.2) is 21.0 Å². The molecule has 120 valence electrons. The molecule has 2 amide bonds. The number of hydrogen-bond donors (Lipinski definition) is 1. The van der Waals surface area contributed by atoms with Gasteiger partial charge < -0.3 is 0 Å². The van der Waals surface area contributed by atoms with Gasteiger partial charge in [-0.25, -0.2) is 17.9 Å². The number of carbonyl (C=O) groups is 1. The summed E-state index contributed by atoms with van der Waals surface area (Å²) in [6.07, 6.45) is 1.71. The molecule has 1 aliphatic heterocycles. The highest BCUT2D eigenvalue weighted by atomic mass is 32.2. The first-order chi connectivity index (χ1) is 11.0. The van der Waals surface area contributed by atoms with Crippen LogP contribution in [0.3, 0.4) is 0 Å². The zero-order chi connectivity index (χ0) is 16.4. The van der Waals surface area contributed by atoms with Crippen molar-refractivity contribution in [3.05, 3.63) is 59.7 Å². The third kappa shape index (κ3) is 3.22. The predicted octanol–water partition coefficient (Wildman–Crippen LogP) is 2.85. The Morgan fingerprint density at radius 2 is 1.78 bits per heavy atom. The molecular formula is C17H18N2O3S. The Morgan fingerprint density at radius 1 is 1.09 bits per heavy atom. The number of nitrogens with zero attached hydrogens (tertiary/aromatic N) is 1. The topological polar surface area (TPSA) is 66.5 Å². The van der Waals surface area contributed by atoms with Crippen LogP contribution in [0, 0.1) is 6.92 Å². The first-order valence-corrected chi connectivity index (χ1v) is 8.94. The summed E-state index contributed by atoms with van der Waals surface area (Å²) in [7, 11) is -3.87. The lowest BCUT2D eigenvalue weighted by atomic mass is 10.0. The minimum atomic E-state index is -3.87. The fourth-order valence-electron chi connectivity index (χ4n) is 2.69. The number of sulfonamides is 1. The van der Waals surface area contributed by atoms with E-state index in [1.54, 1.807) is 12.1 Å². The molecule has 5 nitrogen and oxygen atoms in total. The molecule has 0 unspecified atom stereocenters. The molecule has 2 aromatic carbocycles. The fraction of sp³-hybridized carbons (Fsp3) is 0.235. The summed E-state index contributed by atoms with van der Waals surface area (Å²) in [5.41, 5.74) is 2.79. The van der Waals surface area contributed by atoms with Crippen LogP contribution in [-0.2, 0) is 16.4 Å². The highest BCUT2D eigenvalue weighted by molar-refractivity contribution is 7.90. The van der Waals surface area contributed by atoms with Gasteiger partial charge in [-0.05, 0) is 43.5 Å². The molecule has 0 aromatic heterocycles. The molecule has 0 spiro atoms. The number of fused-ring (bicyclic) bond motifs is 1. The Kier molecular flexibility index (Phi) is 4.09. The van der Waals surface area contributed by atoms with E-state index in [-0.39, 0.29) is 4.90 Å². The Bertz CT molecular complexity index is 829. The van der Waals surface area contributed by atoms with E-state index in [1.165, 1.54) is 17.0 Å². The maximum atomic E-state index is 12.5. The summed E-state index contributed by atoms with van der Waals surface area (Å²) < 4.78 is 26.9. The minimum Gasteiger partial charge on any atom is -0.293 e. The molecular weight excluding hydrogens is 312 g/mol. The normalized spacial score (nSPS) is 14.2. The second-order valence-corrected chi connectivity index (χ2v) is 7.29. The lowest BCUT2D eigenvalue weighted by molar-refractivity contribution is 0.250. The van der Waals surface area contributed by atoms with Crippen LogP contribution in [0.1, 0.15) is 17.5 Å². The van der Waals surface area contributed by atoms with E-state index in [0.29, 0.717) is 6.54 Å². The van der Waals surface area contributed by atoms with Gasteiger partial charge in [0.1, 0.15) is 0 Å². The van der Waals surface area contributed by atoms with Gasteiger partial charge in [-0.2, -0.15) is 0 Å². The summed E-state index contributed by atoms with van der Waals surface area (Å²) in [5.74, 6) is 0. The van der Waals surface area contributed by atoms with E-state index >= 15 is 0 Å². The third-order valence-corrected chi connectivity index (χ3v) is 5.24. The number of carbonyl (C=O) groups excluding carboxylic acids is 1. The number of aryl methyl sites for hydroxylation is 2. The van der Waals surface area contributed by atoms with Crippen molar-refractivity contribution in [2.24, 2.45) is 0 Å². The van der Waals surface area contributed by atoms with Crippen molar-refractivity contribution >= 4 is 21.7 Å².